The maximum absolute atomic E-state index is 6.37. The van der Waals surface area contributed by atoms with Gasteiger partial charge in [0.05, 0.1) is 5.02 Å². The van der Waals surface area contributed by atoms with E-state index in [9.17, 15) is 0 Å². The topological polar surface area (TPSA) is 12.0 Å². The van der Waals surface area contributed by atoms with Gasteiger partial charge in [0, 0.05) is 21.5 Å². The molecule has 2 aromatic rings. The minimum absolute atomic E-state index is 0.750. The van der Waals surface area contributed by atoms with Crippen LogP contribution in [-0.2, 0) is 6.54 Å². The molecule has 0 aliphatic carbocycles. The van der Waals surface area contributed by atoms with E-state index in [0.29, 0.717) is 0 Å². The molecule has 0 aliphatic rings. The predicted octanol–water partition coefficient (Wildman–Crippen LogP) is 4.69. The van der Waals surface area contributed by atoms with Crippen LogP contribution in [0.25, 0.3) is 10.1 Å². The van der Waals surface area contributed by atoms with Gasteiger partial charge < -0.3 is 5.32 Å². The number of hydrogen-bond acceptors (Lipinski definition) is 2. The van der Waals surface area contributed by atoms with Crippen LogP contribution in [-0.4, -0.2) is 6.54 Å². The van der Waals surface area contributed by atoms with Crippen molar-refractivity contribution in [2.75, 3.05) is 6.54 Å². The van der Waals surface area contributed by atoms with Gasteiger partial charge in [-0.25, -0.2) is 0 Å². The first-order valence-electron chi connectivity index (χ1n) is 6.05. The van der Waals surface area contributed by atoms with Crippen LogP contribution in [0.2, 0.25) is 5.02 Å². The average molecular weight is 268 g/mol. The molecule has 0 radical (unpaired) electrons. The molecule has 1 heterocycles. The molecule has 17 heavy (non-hydrogen) atoms. The van der Waals surface area contributed by atoms with Crippen LogP contribution in [0.15, 0.2) is 24.3 Å². The minimum Gasteiger partial charge on any atom is -0.312 e. The Balaban J connectivity index is 2.01. The largest absolute Gasteiger partial charge is 0.312 e. The van der Waals surface area contributed by atoms with E-state index in [4.69, 9.17) is 11.6 Å². The lowest BCUT2D eigenvalue weighted by Gasteiger charge is -2.05. The molecule has 0 spiro atoms. The first-order chi connectivity index (χ1) is 8.18. The lowest BCUT2D eigenvalue weighted by atomic mass is 10.1. The number of rotatable bonds is 5. The fraction of sp³-hybridized carbons (Fsp3) is 0.429. The Morgan fingerprint density at radius 3 is 2.76 bits per heavy atom. The van der Waals surface area contributed by atoms with Gasteiger partial charge in [-0.3, -0.25) is 0 Å². The average Bonchev–Trinajstić information content (AvgIpc) is 2.63. The van der Waals surface area contributed by atoms with Crippen LogP contribution in [0.1, 0.15) is 25.1 Å². The molecule has 0 aliphatic heterocycles. The first-order valence-corrected chi connectivity index (χ1v) is 7.24. The van der Waals surface area contributed by atoms with Crippen molar-refractivity contribution >= 4 is 33.0 Å². The molecule has 0 fully saturated rings. The molecule has 1 nitrogen and oxygen atoms in total. The Kier molecular flexibility index (Phi) is 4.43. The Bertz CT molecular complexity index is 490. The number of halogens is 1. The normalized spacial score (nSPS) is 11.5. The van der Waals surface area contributed by atoms with Crippen molar-refractivity contribution in [3.63, 3.8) is 0 Å². The van der Waals surface area contributed by atoms with E-state index in [1.165, 1.54) is 21.4 Å². The first kappa shape index (κ1) is 12.9. The van der Waals surface area contributed by atoms with E-state index in [-0.39, 0.29) is 0 Å². The number of benzene rings is 1. The Hall–Kier alpha value is -0.570. The van der Waals surface area contributed by atoms with Crippen LogP contribution in [0.5, 0.6) is 0 Å². The van der Waals surface area contributed by atoms with Crippen LogP contribution in [0.4, 0.5) is 0 Å². The third-order valence-electron chi connectivity index (χ3n) is 2.79. The molecule has 0 saturated carbocycles. The molecule has 0 atom stereocenters. The molecule has 3 heteroatoms. The molecule has 1 N–H and O–H groups in total. The summed E-state index contributed by atoms with van der Waals surface area (Å²) in [5.74, 6) is 0.750. The highest BCUT2D eigenvalue weighted by Gasteiger charge is 2.08. The molecule has 0 unspecified atom stereocenters. The monoisotopic (exact) mass is 267 g/mol. The molecule has 1 aromatic carbocycles. The van der Waals surface area contributed by atoms with Crippen molar-refractivity contribution in [2.24, 2.45) is 5.92 Å². The molecule has 1 aromatic heterocycles. The van der Waals surface area contributed by atoms with Gasteiger partial charge in [0.15, 0.2) is 0 Å². The maximum atomic E-state index is 6.37. The SMILES string of the molecule is CC(C)CCNCc1sc2ccccc2c1Cl. The highest BCUT2D eigenvalue weighted by atomic mass is 35.5. The van der Waals surface area contributed by atoms with Crippen molar-refractivity contribution < 1.29 is 0 Å². The van der Waals surface area contributed by atoms with Gasteiger partial charge in [-0.15, -0.1) is 11.3 Å². The molecule has 92 valence electrons. The summed E-state index contributed by atoms with van der Waals surface area (Å²) in [5.41, 5.74) is 0. The van der Waals surface area contributed by atoms with Gasteiger partial charge in [-0.05, 0) is 24.9 Å². The van der Waals surface area contributed by atoms with Gasteiger partial charge in [0.1, 0.15) is 0 Å². The van der Waals surface area contributed by atoms with Crippen LogP contribution in [0.3, 0.4) is 0 Å². The van der Waals surface area contributed by atoms with Crippen LogP contribution >= 0.6 is 22.9 Å². The number of nitrogens with one attached hydrogen (secondary N) is 1. The third-order valence-corrected chi connectivity index (χ3v) is 4.50. The predicted molar refractivity (Wildman–Crippen MR) is 78.0 cm³/mol. The van der Waals surface area contributed by atoms with Gasteiger partial charge in [0.2, 0.25) is 0 Å². The smallest absolute Gasteiger partial charge is 0.0636 e. The zero-order chi connectivity index (χ0) is 12.3. The molecule has 2 rings (SSSR count). The number of hydrogen-bond donors (Lipinski definition) is 1. The van der Waals surface area contributed by atoms with E-state index in [1.54, 1.807) is 11.3 Å². The van der Waals surface area contributed by atoms with Crippen molar-refractivity contribution in [3.05, 3.63) is 34.2 Å². The van der Waals surface area contributed by atoms with E-state index < -0.39 is 0 Å². The second-order valence-corrected chi connectivity index (χ2v) is 6.21. The number of fused-ring (bicyclic) bond motifs is 1. The van der Waals surface area contributed by atoms with E-state index in [0.717, 1.165) is 24.0 Å². The molecule has 0 bridgehead atoms. The van der Waals surface area contributed by atoms with Crippen molar-refractivity contribution in [2.45, 2.75) is 26.8 Å². The lowest BCUT2D eigenvalue weighted by Crippen LogP contribution is -2.15. The summed E-state index contributed by atoms with van der Waals surface area (Å²) < 4.78 is 1.28. The lowest BCUT2D eigenvalue weighted by molar-refractivity contribution is 0.539. The Labute approximate surface area is 112 Å². The fourth-order valence-corrected chi connectivity index (χ4v) is 3.24. The summed E-state index contributed by atoms with van der Waals surface area (Å²) in [5, 5.41) is 5.56. The van der Waals surface area contributed by atoms with Crippen LogP contribution in [0, 0.1) is 5.92 Å². The van der Waals surface area contributed by atoms with Crippen LogP contribution < -0.4 is 5.32 Å². The molecular formula is C14H18ClNS. The fourth-order valence-electron chi connectivity index (χ4n) is 1.77. The van der Waals surface area contributed by atoms with E-state index in [2.05, 4.69) is 37.4 Å². The Morgan fingerprint density at radius 1 is 1.29 bits per heavy atom. The minimum atomic E-state index is 0.750. The quantitative estimate of drug-likeness (QED) is 0.775. The van der Waals surface area contributed by atoms with Gasteiger partial charge in [-0.1, -0.05) is 43.6 Å². The van der Waals surface area contributed by atoms with Gasteiger partial charge in [0.25, 0.3) is 0 Å². The van der Waals surface area contributed by atoms with Crippen molar-refractivity contribution in [3.8, 4) is 0 Å². The van der Waals surface area contributed by atoms with E-state index in [1.807, 2.05) is 6.07 Å². The second kappa shape index (κ2) is 5.85. The van der Waals surface area contributed by atoms with Gasteiger partial charge in [-0.2, -0.15) is 0 Å². The maximum Gasteiger partial charge on any atom is 0.0636 e. The van der Waals surface area contributed by atoms with Gasteiger partial charge >= 0.3 is 0 Å². The second-order valence-electron chi connectivity index (χ2n) is 4.69. The summed E-state index contributed by atoms with van der Waals surface area (Å²) in [4.78, 5) is 1.25. The van der Waals surface area contributed by atoms with Crippen molar-refractivity contribution in [1.82, 2.24) is 5.32 Å². The number of thiophene rings is 1. The summed E-state index contributed by atoms with van der Waals surface area (Å²) >= 11 is 8.16. The molecule has 0 amide bonds. The zero-order valence-corrected chi connectivity index (χ0v) is 11.9. The zero-order valence-electron chi connectivity index (χ0n) is 10.3. The summed E-state index contributed by atoms with van der Waals surface area (Å²) in [6.07, 6.45) is 1.21. The Morgan fingerprint density at radius 2 is 2.06 bits per heavy atom. The standard InChI is InChI=1S/C14H18ClNS/c1-10(2)7-8-16-9-13-14(15)11-5-3-4-6-12(11)17-13/h3-6,10,16H,7-9H2,1-2H3. The highest BCUT2D eigenvalue weighted by Crippen LogP contribution is 2.34. The van der Waals surface area contributed by atoms with E-state index >= 15 is 0 Å². The third kappa shape index (κ3) is 3.21. The summed E-state index contributed by atoms with van der Waals surface area (Å²) in [6, 6.07) is 8.32. The summed E-state index contributed by atoms with van der Waals surface area (Å²) in [6.45, 7) is 6.43. The molecular weight excluding hydrogens is 250 g/mol. The summed E-state index contributed by atoms with van der Waals surface area (Å²) in [7, 11) is 0. The highest BCUT2D eigenvalue weighted by molar-refractivity contribution is 7.19. The molecule has 0 saturated heterocycles. The van der Waals surface area contributed by atoms with Crippen molar-refractivity contribution in [1.29, 1.82) is 0 Å².